The summed E-state index contributed by atoms with van der Waals surface area (Å²) in [5.41, 5.74) is 1.84. The van der Waals surface area contributed by atoms with Crippen molar-refractivity contribution in [2.24, 2.45) is 0 Å². The minimum Gasteiger partial charge on any atom is -0.497 e. The highest BCUT2D eigenvalue weighted by atomic mass is 16.5. The maximum Gasteiger partial charge on any atom is 0.220 e. The largest absolute Gasteiger partial charge is 0.497 e. The van der Waals surface area contributed by atoms with E-state index < -0.39 is 6.10 Å². The van der Waals surface area contributed by atoms with Gasteiger partial charge in [-0.15, -0.1) is 0 Å². The summed E-state index contributed by atoms with van der Waals surface area (Å²) in [5.74, 6) is 0.610. The number of rotatable bonds is 8. The van der Waals surface area contributed by atoms with Crippen molar-refractivity contribution in [1.29, 1.82) is 0 Å². The van der Waals surface area contributed by atoms with E-state index in [0.717, 1.165) is 11.1 Å². The zero-order chi connectivity index (χ0) is 17.2. The molecule has 0 heterocycles. The Kier molecular flexibility index (Phi) is 7.05. The minimum atomic E-state index is -0.746. The van der Waals surface area contributed by atoms with E-state index in [4.69, 9.17) is 4.74 Å². The first kappa shape index (κ1) is 17.8. The van der Waals surface area contributed by atoms with Gasteiger partial charge in [-0.05, 0) is 29.7 Å². The Morgan fingerprint density at radius 1 is 1.21 bits per heavy atom. The molecular weight excluding hydrogens is 302 g/mol. The molecule has 0 bridgehead atoms. The van der Waals surface area contributed by atoms with E-state index in [1.165, 1.54) is 0 Å². The number of amides is 1. The number of hydrogen-bond acceptors (Lipinski definition) is 3. The van der Waals surface area contributed by atoms with Gasteiger partial charge in [0.25, 0.3) is 0 Å². The van der Waals surface area contributed by atoms with Crippen molar-refractivity contribution in [2.45, 2.75) is 18.9 Å². The molecule has 0 spiro atoms. The minimum absolute atomic E-state index is 0.0744. The van der Waals surface area contributed by atoms with Crippen molar-refractivity contribution < 1.29 is 14.6 Å². The first-order valence-electron chi connectivity index (χ1n) is 7.99. The van der Waals surface area contributed by atoms with Crippen molar-refractivity contribution in [1.82, 2.24) is 5.32 Å². The summed E-state index contributed by atoms with van der Waals surface area (Å²) in [6.07, 6.45) is 4.29. The number of methoxy groups -OCH3 is 1. The van der Waals surface area contributed by atoms with Crippen LogP contribution in [0.2, 0.25) is 0 Å². The van der Waals surface area contributed by atoms with Crippen LogP contribution in [0.1, 0.15) is 30.1 Å². The molecule has 4 heteroatoms. The maximum absolute atomic E-state index is 11.8. The molecular formula is C20H23NO3. The Morgan fingerprint density at radius 3 is 2.75 bits per heavy atom. The van der Waals surface area contributed by atoms with Crippen LogP contribution in [0.15, 0.2) is 60.7 Å². The normalized spacial score (nSPS) is 12.1. The van der Waals surface area contributed by atoms with Gasteiger partial charge in [-0.2, -0.15) is 0 Å². The van der Waals surface area contributed by atoms with E-state index in [2.05, 4.69) is 5.32 Å². The van der Waals surface area contributed by atoms with Gasteiger partial charge in [0, 0.05) is 13.0 Å². The van der Waals surface area contributed by atoms with Crippen molar-refractivity contribution in [3.05, 3.63) is 71.8 Å². The molecule has 2 aromatic carbocycles. The van der Waals surface area contributed by atoms with Crippen LogP contribution < -0.4 is 10.1 Å². The summed E-state index contributed by atoms with van der Waals surface area (Å²) in [6.45, 7) is 0.189. The Bertz CT molecular complexity index is 668. The lowest BCUT2D eigenvalue weighted by molar-refractivity contribution is -0.121. The van der Waals surface area contributed by atoms with Crippen LogP contribution in [-0.2, 0) is 4.79 Å². The monoisotopic (exact) mass is 325 g/mol. The maximum atomic E-state index is 11.8. The van der Waals surface area contributed by atoms with Crippen LogP contribution in [0.4, 0.5) is 0 Å². The summed E-state index contributed by atoms with van der Waals surface area (Å²) >= 11 is 0. The number of ether oxygens (including phenoxy) is 1. The van der Waals surface area contributed by atoms with Gasteiger partial charge >= 0.3 is 0 Å². The first-order valence-corrected chi connectivity index (χ1v) is 7.99. The van der Waals surface area contributed by atoms with Gasteiger partial charge < -0.3 is 15.2 Å². The fourth-order valence-corrected chi connectivity index (χ4v) is 2.26. The first-order chi connectivity index (χ1) is 11.7. The number of nitrogens with one attached hydrogen (secondary N) is 1. The van der Waals surface area contributed by atoms with Gasteiger partial charge in [-0.3, -0.25) is 4.79 Å². The molecule has 0 aliphatic heterocycles. The van der Waals surface area contributed by atoms with E-state index in [-0.39, 0.29) is 12.5 Å². The fourth-order valence-electron chi connectivity index (χ4n) is 2.26. The second-order valence-corrected chi connectivity index (χ2v) is 5.45. The average molecular weight is 325 g/mol. The molecule has 24 heavy (non-hydrogen) atoms. The highest BCUT2D eigenvalue weighted by Crippen LogP contribution is 2.18. The number of allylic oxidation sites excluding steroid dienone is 1. The number of hydrogen-bond donors (Lipinski definition) is 2. The van der Waals surface area contributed by atoms with Gasteiger partial charge in [-0.25, -0.2) is 0 Å². The third kappa shape index (κ3) is 5.89. The van der Waals surface area contributed by atoms with Gasteiger partial charge in [0.2, 0.25) is 5.91 Å². The van der Waals surface area contributed by atoms with Gasteiger partial charge in [0.05, 0.1) is 13.2 Å². The van der Waals surface area contributed by atoms with Crippen LogP contribution in [0.3, 0.4) is 0 Å². The van der Waals surface area contributed by atoms with Crippen molar-refractivity contribution in [2.75, 3.05) is 13.7 Å². The van der Waals surface area contributed by atoms with E-state index in [9.17, 15) is 9.90 Å². The van der Waals surface area contributed by atoms with E-state index >= 15 is 0 Å². The zero-order valence-corrected chi connectivity index (χ0v) is 13.8. The molecule has 0 saturated heterocycles. The summed E-state index contributed by atoms with van der Waals surface area (Å²) in [5, 5.41) is 12.9. The topological polar surface area (TPSA) is 58.6 Å². The summed E-state index contributed by atoms with van der Waals surface area (Å²) < 4.78 is 5.13. The summed E-state index contributed by atoms with van der Waals surface area (Å²) in [4.78, 5) is 11.8. The average Bonchev–Trinajstić information content (AvgIpc) is 2.64. The van der Waals surface area contributed by atoms with Crippen molar-refractivity contribution in [3.8, 4) is 5.75 Å². The molecule has 0 aliphatic carbocycles. The molecule has 4 nitrogen and oxygen atoms in total. The van der Waals surface area contributed by atoms with Crippen LogP contribution in [0.5, 0.6) is 5.75 Å². The van der Waals surface area contributed by atoms with Crippen LogP contribution in [0.25, 0.3) is 6.08 Å². The molecule has 0 aliphatic rings. The van der Waals surface area contributed by atoms with Crippen LogP contribution in [0, 0.1) is 0 Å². The summed E-state index contributed by atoms with van der Waals surface area (Å²) in [6, 6.07) is 17.2. The van der Waals surface area contributed by atoms with Gasteiger partial charge in [0.1, 0.15) is 5.75 Å². The fraction of sp³-hybridized carbons (Fsp3) is 0.250. The third-order valence-electron chi connectivity index (χ3n) is 3.62. The van der Waals surface area contributed by atoms with E-state index in [0.29, 0.717) is 18.6 Å². The quantitative estimate of drug-likeness (QED) is 0.782. The number of benzene rings is 2. The predicted molar refractivity (Wildman–Crippen MR) is 95.7 cm³/mol. The molecule has 1 unspecified atom stereocenters. The molecule has 2 rings (SSSR count). The highest BCUT2D eigenvalue weighted by Gasteiger charge is 2.09. The predicted octanol–water partition coefficient (Wildman–Crippen LogP) is 3.34. The van der Waals surface area contributed by atoms with Crippen LogP contribution in [-0.4, -0.2) is 24.7 Å². The molecule has 1 atom stereocenters. The third-order valence-corrected chi connectivity index (χ3v) is 3.62. The lowest BCUT2D eigenvalue weighted by Gasteiger charge is -2.13. The molecule has 0 fully saturated rings. The smallest absolute Gasteiger partial charge is 0.220 e. The Labute approximate surface area is 142 Å². The second kappa shape index (κ2) is 9.53. The zero-order valence-electron chi connectivity index (χ0n) is 13.8. The van der Waals surface area contributed by atoms with E-state index in [1.807, 2.05) is 60.7 Å². The molecule has 126 valence electrons. The summed E-state index contributed by atoms with van der Waals surface area (Å²) in [7, 11) is 1.58. The second-order valence-electron chi connectivity index (χ2n) is 5.45. The van der Waals surface area contributed by atoms with Gasteiger partial charge in [0.15, 0.2) is 0 Å². The Hall–Kier alpha value is -2.59. The lowest BCUT2D eigenvalue weighted by atomic mass is 10.1. The number of aliphatic hydroxyl groups excluding tert-OH is 1. The molecule has 0 radical (unpaired) electrons. The SMILES string of the molecule is COc1cccc(C(O)CNC(=O)CC/C=C/c2ccccc2)c1. The molecule has 1 amide bonds. The highest BCUT2D eigenvalue weighted by molar-refractivity contribution is 5.76. The molecule has 0 saturated carbocycles. The molecule has 0 aromatic heterocycles. The Balaban J connectivity index is 1.71. The lowest BCUT2D eigenvalue weighted by Crippen LogP contribution is -2.28. The van der Waals surface area contributed by atoms with E-state index in [1.54, 1.807) is 13.2 Å². The Morgan fingerprint density at radius 2 is 2.00 bits per heavy atom. The van der Waals surface area contributed by atoms with Crippen LogP contribution >= 0.6 is 0 Å². The number of carbonyl (C=O) groups is 1. The van der Waals surface area contributed by atoms with Gasteiger partial charge in [-0.1, -0.05) is 54.6 Å². The number of carbonyl (C=O) groups excluding carboxylic acids is 1. The van der Waals surface area contributed by atoms with Crippen molar-refractivity contribution >= 4 is 12.0 Å². The number of aliphatic hydroxyl groups is 1. The standard InChI is InChI=1S/C20H23NO3/c1-24-18-12-7-11-17(14-18)19(22)15-21-20(23)13-6-5-10-16-8-3-2-4-9-16/h2-5,7-12,14,19,22H,6,13,15H2,1H3,(H,21,23)/b10-5+. The molecule has 2 aromatic rings. The molecule has 2 N–H and O–H groups in total. The van der Waals surface area contributed by atoms with Crippen molar-refractivity contribution in [3.63, 3.8) is 0 Å².